The molecular formula is C16H29O3P. The van der Waals surface area contributed by atoms with Crippen molar-refractivity contribution >= 4 is 7.60 Å². The van der Waals surface area contributed by atoms with E-state index in [1.54, 1.807) is 6.08 Å². The van der Waals surface area contributed by atoms with Crippen LogP contribution < -0.4 is 0 Å². The van der Waals surface area contributed by atoms with Crippen LogP contribution in [-0.2, 0) is 9.09 Å². The lowest BCUT2D eigenvalue weighted by atomic mass is 10.1. The SMILES string of the molecule is COP(=O)(O)C/C=C(\C)CC/C=C(\C)CCC=C(C)C. The molecule has 1 atom stereocenters. The first-order valence-electron chi connectivity index (χ1n) is 7.09. The zero-order chi connectivity index (χ0) is 15.6. The smallest absolute Gasteiger partial charge is 0.324 e. The van der Waals surface area contributed by atoms with Crippen molar-refractivity contribution in [3.63, 3.8) is 0 Å². The van der Waals surface area contributed by atoms with E-state index in [4.69, 9.17) is 0 Å². The van der Waals surface area contributed by atoms with E-state index in [0.29, 0.717) is 0 Å². The van der Waals surface area contributed by atoms with E-state index in [9.17, 15) is 9.46 Å². The summed E-state index contributed by atoms with van der Waals surface area (Å²) in [6, 6.07) is 0. The van der Waals surface area contributed by atoms with Crippen LogP contribution >= 0.6 is 7.60 Å². The molecule has 0 heterocycles. The van der Waals surface area contributed by atoms with Crippen molar-refractivity contribution < 1.29 is 14.0 Å². The van der Waals surface area contributed by atoms with Crippen molar-refractivity contribution in [2.75, 3.05) is 13.3 Å². The molecule has 0 saturated carbocycles. The second-order valence-electron chi connectivity index (χ2n) is 5.46. The van der Waals surface area contributed by atoms with Crippen molar-refractivity contribution in [2.45, 2.75) is 53.4 Å². The van der Waals surface area contributed by atoms with Gasteiger partial charge in [-0.05, 0) is 53.4 Å². The molecule has 0 rings (SSSR count). The van der Waals surface area contributed by atoms with Crippen molar-refractivity contribution in [3.05, 3.63) is 34.9 Å². The van der Waals surface area contributed by atoms with Gasteiger partial charge in [0, 0.05) is 7.11 Å². The Bertz CT molecular complexity index is 415. The molecule has 0 saturated heterocycles. The Labute approximate surface area is 124 Å². The zero-order valence-corrected chi connectivity index (χ0v) is 14.4. The van der Waals surface area contributed by atoms with Crippen molar-refractivity contribution in [3.8, 4) is 0 Å². The van der Waals surface area contributed by atoms with Gasteiger partial charge in [-0.3, -0.25) is 4.57 Å². The van der Waals surface area contributed by atoms with Crippen LogP contribution in [0.1, 0.15) is 53.4 Å². The number of allylic oxidation sites excluding steroid dienone is 6. The van der Waals surface area contributed by atoms with E-state index in [-0.39, 0.29) is 6.16 Å². The van der Waals surface area contributed by atoms with Gasteiger partial charge in [-0.15, -0.1) is 0 Å². The summed E-state index contributed by atoms with van der Waals surface area (Å²) in [5, 5.41) is 0. The van der Waals surface area contributed by atoms with Crippen LogP contribution in [0, 0.1) is 0 Å². The first-order valence-corrected chi connectivity index (χ1v) is 8.85. The minimum Gasteiger partial charge on any atom is -0.324 e. The number of hydrogen-bond acceptors (Lipinski definition) is 2. The maximum absolute atomic E-state index is 11.3. The summed E-state index contributed by atoms with van der Waals surface area (Å²) in [7, 11) is -2.13. The molecule has 0 bridgehead atoms. The third-order valence-corrected chi connectivity index (χ3v) is 4.29. The summed E-state index contributed by atoms with van der Waals surface area (Å²) in [6.07, 6.45) is 10.5. The molecule has 0 aliphatic heterocycles. The molecule has 0 aliphatic carbocycles. The Kier molecular flexibility index (Phi) is 9.83. The molecule has 0 fully saturated rings. The topological polar surface area (TPSA) is 46.5 Å². The fourth-order valence-electron chi connectivity index (χ4n) is 1.68. The van der Waals surface area contributed by atoms with Crippen LogP contribution in [0.4, 0.5) is 0 Å². The lowest BCUT2D eigenvalue weighted by Crippen LogP contribution is -1.89. The summed E-state index contributed by atoms with van der Waals surface area (Å²) in [6.45, 7) is 8.38. The largest absolute Gasteiger partial charge is 0.331 e. The maximum Gasteiger partial charge on any atom is 0.331 e. The quantitative estimate of drug-likeness (QED) is 0.468. The molecule has 0 aliphatic rings. The van der Waals surface area contributed by atoms with Crippen molar-refractivity contribution in [1.29, 1.82) is 0 Å². The van der Waals surface area contributed by atoms with Crippen LogP contribution in [0.5, 0.6) is 0 Å². The predicted octanol–water partition coefficient (Wildman–Crippen LogP) is 5.24. The van der Waals surface area contributed by atoms with Gasteiger partial charge in [-0.2, -0.15) is 0 Å². The highest BCUT2D eigenvalue weighted by Gasteiger charge is 2.13. The maximum atomic E-state index is 11.3. The summed E-state index contributed by atoms with van der Waals surface area (Å²) in [4.78, 5) is 9.30. The highest BCUT2D eigenvalue weighted by Crippen LogP contribution is 2.40. The minimum absolute atomic E-state index is 0.0958. The van der Waals surface area contributed by atoms with Crippen LogP contribution in [0.3, 0.4) is 0 Å². The summed E-state index contributed by atoms with van der Waals surface area (Å²) in [5.41, 5.74) is 3.90. The van der Waals surface area contributed by atoms with E-state index in [2.05, 4.69) is 37.4 Å². The van der Waals surface area contributed by atoms with Crippen LogP contribution in [0.15, 0.2) is 34.9 Å². The molecule has 0 aromatic rings. The number of hydrogen-bond donors (Lipinski definition) is 1. The molecule has 4 heteroatoms. The zero-order valence-electron chi connectivity index (χ0n) is 13.5. The Balaban J connectivity index is 4.06. The van der Waals surface area contributed by atoms with E-state index in [1.165, 1.54) is 18.3 Å². The van der Waals surface area contributed by atoms with E-state index < -0.39 is 7.60 Å². The van der Waals surface area contributed by atoms with Gasteiger partial charge in [0.1, 0.15) is 0 Å². The van der Waals surface area contributed by atoms with Gasteiger partial charge in [-0.1, -0.05) is 34.9 Å². The molecule has 0 spiro atoms. The van der Waals surface area contributed by atoms with Gasteiger partial charge >= 0.3 is 7.60 Å². The highest BCUT2D eigenvalue weighted by atomic mass is 31.2. The molecule has 0 amide bonds. The Hall–Kier alpha value is -0.630. The minimum atomic E-state index is -3.40. The average Bonchev–Trinajstić information content (AvgIpc) is 2.36. The van der Waals surface area contributed by atoms with Gasteiger partial charge in [0.2, 0.25) is 0 Å². The molecule has 1 unspecified atom stereocenters. The molecule has 1 N–H and O–H groups in total. The normalized spacial score (nSPS) is 15.9. The molecule has 20 heavy (non-hydrogen) atoms. The number of rotatable bonds is 9. The summed E-state index contributed by atoms with van der Waals surface area (Å²) in [5.74, 6) is 0. The monoisotopic (exact) mass is 300 g/mol. The Morgan fingerprint density at radius 2 is 1.50 bits per heavy atom. The summed E-state index contributed by atoms with van der Waals surface area (Å²) >= 11 is 0. The first kappa shape index (κ1) is 19.4. The van der Waals surface area contributed by atoms with Gasteiger partial charge in [0.05, 0.1) is 6.16 Å². The second kappa shape index (κ2) is 10.1. The van der Waals surface area contributed by atoms with E-state index >= 15 is 0 Å². The Morgan fingerprint density at radius 1 is 1.00 bits per heavy atom. The predicted molar refractivity (Wildman–Crippen MR) is 87.1 cm³/mol. The lowest BCUT2D eigenvalue weighted by Gasteiger charge is -2.06. The third-order valence-electron chi connectivity index (χ3n) is 3.08. The molecule has 0 aromatic carbocycles. The lowest BCUT2D eigenvalue weighted by molar-refractivity contribution is 0.319. The fourth-order valence-corrected chi connectivity index (χ4v) is 2.38. The van der Waals surface area contributed by atoms with Crippen LogP contribution in [0.25, 0.3) is 0 Å². The van der Waals surface area contributed by atoms with Gasteiger partial charge in [0.25, 0.3) is 0 Å². The van der Waals surface area contributed by atoms with Gasteiger partial charge in [0.15, 0.2) is 0 Å². The Morgan fingerprint density at radius 3 is 2.00 bits per heavy atom. The fraction of sp³-hybridized carbons (Fsp3) is 0.625. The summed E-state index contributed by atoms with van der Waals surface area (Å²) < 4.78 is 15.9. The first-order chi connectivity index (χ1) is 9.26. The van der Waals surface area contributed by atoms with E-state index in [0.717, 1.165) is 31.3 Å². The molecule has 0 radical (unpaired) electrons. The molecule has 116 valence electrons. The third kappa shape index (κ3) is 11.2. The van der Waals surface area contributed by atoms with E-state index in [1.807, 2.05) is 6.92 Å². The molecular weight excluding hydrogens is 271 g/mol. The second-order valence-corrected chi connectivity index (χ2v) is 7.47. The van der Waals surface area contributed by atoms with Crippen LogP contribution in [0.2, 0.25) is 0 Å². The molecule has 0 aromatic heterocycles. The van der Waals surface area contributed by atoms with Crippen LogP contribution in [-0.4, -0.2) is 18.2 Å². The van der Waals surface area contributed by atoms with Gasteiger partial charge < -0.3 is 9.42 Å². The highest BCUT2D eigenvalue weighted by molar-refractivity contribution is 7.53. The van der Waals surface area contributed by atoms with Crippen molar-refractivity contribution in [2.24, 2.45) is 0 Å². The van der Waals surface area contributed by atoms with Crippen molar-refractivity contribution in [1.82, 2.24) is 0 Å². The standard InChI is InChI=1S/C16H29O3P/c1-14(2)8-6-9-15(3)10-7-11-16(4)12-13-20(17,18)19-5/h8,10,12H,6-7,9,11,13H2,1-5H3,(H,17,18)/b15-10+,16-12+. The molecule has 3 nitrogen and oxygen atoms in total. The van der Waals surface area contributed by atoms with Gasteiger partial charge in [-0.25, -0.2) is 0 Å². The average molecular weight is 300 g/mol.